The monoisotopic (exact) mass is 424 g/mol. The van der Waals surface area contributed by atoms with E-state index in [0.717, 1.165) is 10.2 Å². The lowest BCUT2D eigenvalue weighted by Gasteiger charge is -2.09. The summed E-state index contributed by atoms with van der Waals surface area (Å²) >= 11 is 1.25. The summed E-state index contributed by atoms with van der Waals surface area (Å²) < 4.78 is 18.2. The van der Waals surface area contributed by atoms with Gasteiger partial charge in [-0.25, -0.2) is 4.79 Å². The van der Waals surface area contributed by atoms with Gasteiger partial charge in [0.1, 0.15) is 17.1 Å². The van der Waals surface area contributed by atoms with Gasteiger partial charge in [-0.2, -0.15) is 4.99 Å². The number of benzene rings is 2. The third kappa shape index (κ3) is 4.07. The summed E-state index contributed by atoms with van der Waals surface area (Å²) in [6.07, 6.45) is 5.52. The molecule has 1 amide bonds. The Morgan fingerprint density at radius 2 is 1.87 bits per heavy atom. The second-order valence-electron chi connectivity index (χ2n) is 6.03. The highest BCUT2D eigenvalue weighted by Gasteiger charge is 2.19. The number of hydrogen-bond acceptors (Lipinski definition) is 6. The van der Waals surface area contributed by atoms with Crippen LogP contribution in [0, 0.1) is 12.3 Å². The number of aromatic nitrogens is 1. The van der Waals surface area contributed by atoms with E-state index in [4.69, 9.17) is 20.6 Å². The van der Waals surface area contributed by atoms with Crippen LogP contribution in [0.1, 0.15) is 27.6 Å². The fourth-order valence-electron chi connectivity index (χ4n) is 2.95. The molecule has 1 heterocycles. The molecule has 3 rings (SSSR count). The van der Waals surface area contributed by atoms with Crippen LogP contribution in [0.2, 0.25) is 0 Å². The number of rotatable bonds is 6. The van der Waals surface area contributed by atoms with Crippen LogP contribution in [0.3, 0.4) is 0 Å². The molecule has 0 bridgehead atoms. The maximum atomic E-state index is 13.0. The first-order valence-corrected chi connectivity index (χ1v) is 9.89. The van der Waals surface area contributed by atoms with Crippen LogP contribution in [0.25, 0.3) is 10.2 Å². The molecule has 0 spiro atoms. The van der Waals surface area contributed by atoms with Gasteiger partial charge < -0.3 is 18.8 Å². The van der Waals surface area contributed by atoms with Crippen molar-refractivity contribution in [3.63, 3.8) is 0 Å². The average Bonchev–Trinajstić information content (AvgIpc) is 3.09. The molecule has 7 nitrogen and oxygen atoms in total. The maximum absolute atomic E-state index is 13.0. The van der Waals surface area contributed by atoms with Crippen molar-refractivity contribution in [1.29, 1.82) is 0 Å². The number of methoxy groups -OCH3 is 2. The Hall–Kier alpha value is -3.57. The summed E-state index contributed by atoms with van der Waals surface area (Å²) in [5, 5.41) is 0. The molecule has 0 aliphatic rings. The Bertz CT molecular complexity index is 1190. The quantitative estimate of drug-likeness (QED) is 0.448. The Balaban J connectivity index is 2.16. The fraction of sp³-hybridized carbons (Fsp3) is 0.227. The number of carbonyl (C=O) groups is 2. The Morgan fingerprint density at radius 3 is 2.47 bits per heavy atom. The molecule has 0 saturated carbocycles. The minimum atomic E-state index is -0.521. The summed E-state index contributed by atoms with van der Waals surface area (Å²) in [5.74, 6) is 2.36. The molecule has 3 aromatic rings. The fourth-order valence-corrected chi connectivity index (χ4v) is 4.02. The van der Waals surface area contributed by atoms with Crippen molar-refractivity contribution in [2.24, 2.45) is 4.99 Å². The van der Waals surface area contributed by atoms with Gasteiger partial charge in [0.05, 0.1) is 43.2 Å². The van der Waals surface area contributed by atoms with Crippen LogP contribution in [-0.2, 0) is 11.3 Å². The zero-order valence-electron chi connectivity index (χ0n) is 16.8. The number of ether oxygens (including phenoxy) is 3. The molecule has 0 N–H and O–H groups in total. The summed E-state index contributed by atoms with van der Waals surface area (Å²) in [7, 11) is 2.95. The van der Waals surface area contributed by atoms with Crippen molar-refractivity contribution in [2.45, 2.75) is 13.5 Å². The smallest absolute Gasteiger partial charge is 0.338 e. The molecule has 0 aliphatic carbocycles. The lowest BCUT2D eigenvalue weighted by molar-refractivity contribution is 0.0526. The number of hydrogen-bond donors (Lipinski definition) is 0. The zero-order chi connectivity index (χ0) is 21.7. The summed E-state index contributed by atoms with van der Waals surface area (Å²) in [5.41, 5.74) is 1.41. The first kappa shape index (κ1) is 21.1. The van der Waals surface area contributed by atoms with E-state index in [9.17, 15) is 9.59 Å². The largest absolute Gasteiger partial charge is 0.496 e. The first-order valence-electron chi connectivity index (χ1n) is 9.08. The topological polar surface area (TPSA) is 79.1 Å². The second kappa shape index (κ2) is 9.29. The highest BCUT2D eigenvalue weighted by atomic mass is 32.1. The standard InChI is InChI=1S/C22H20N2O5S/c1-5-12-24-15-11-10-14(21(26)29-6-2)13-18(15)30-22(24)23-20(25)19-16(27-3)8-7-9-17(19)28-4/h1,7-11,13H,6,12H2,2-4H3. The summed E-state index contributed by atoms with van der Waals surface area (Å²) in [6.45, 7) is 2.25. The minimum absolute atomic E-state index is 0.216. The van der Waals surface area contributed by atoms with Crippen molar-refractivity contribution < 1.29 is 23.8 Å². The van der Waals surface area contributed by atoms with Crippen molar-refractivity contribution in [3.8, 4) is 23.8 Å². The van der Waals surface area contributed by atoms with Crippen LogP contribution in [0.15, 0.2) is 41.4 Å². The average molecular weight is 424 g/mol. The Labute approximate surface area is 177 Å². The molecule has 30 heavy (non-hydrogen) atoms. The van der Waals surface area contributed by atoms with E-state index in [-0.39, 0.29) is 18.7 Å². The minimum Gasteiger partial charge on any atom is -0.496 e. The number of carbonyl (C=O) groups excluding carboxylic acids is 2. The number of amides is 1. The summed E-state index contributed by atoms with van der Waals surface area (Å²) in [4.78, 5) is 29.7. The molecule has 2 aromatic carbocycles. The third-order valence-electron chi connectivity index (χ3n) is 4.28. The van der Waals surface area contributed by atoms with Crippen molar-refractivity contribution in [2.75, 3.05) is 20.8 Å². The lowest BCUT2D eigenvalue weighted by Crippen LogP contribution is -2.17. The van der Waals surface area contributed by atoms with E-state index in [1.165, 1.54) is 25.6 Å². The van der Waals surface area contributed by atoms with Crippen molar-refractivity contribution >= 4 is 33.4 Å². The van der Waals surface area contributed by atoms with Gasteiger partial charge >= 0.3 is 5.97 Å². The van der Waals surface area contributed by atoms with Crippen LogP contribution in [0.5, 0.6) is 11.5 Å². The maximum Gasteiger partial charge on any atom is 0.338 e. The predicted octanol–water partition coefficient (Wildman–Crippen LogP) is 3.27. The number of nitrogens with zero attached hydrogens (tertiary/aromatic N) is 2. The van der Waals surface area contributed by atoms with E-state index in [1.54, 1.807) is 47.9 Å². The van der Waals surface area contributed by atoms with Crippen LogP contribution in [0.4, 0.5) is 0 Å². The molecular formula is C22H20N2O5S. The molecule has 0 radical (unpaired) electrons. The normalized spacial score (nSPS) is 11.2. The third-order valence-corrected chi connectivity index (χ3v) is 5.32. The number of fused-ring (bicyclic) bond motifs is 1. The predicted molar refractivity (Wildman–Crippen MR) is 114 cm³/mol. The Kier molecular flexibility index (Phi) is 6.54. The van der Waals surface area contributed by atoms with Gasteiger partial charge in [-0.3, -0.25) is 4.79 Å². The van der Waals surface area contributed by atoms with Gasteiger partial charge in [0.2, 0.25) is 0 Å². The molecule has 154 valence electrons. The van der Waals surface area contributed by atoms with E-state index < -0.39 is 11.9 Å². The highest BCUT2D eigenvalue weighted by molar-refractivity contribution is 7.16. The molecule has 0 saturated heterocycles. The van der Waals surface area contributed by atoms with Gasteiger partial charge in [0, 0.05) is 0 Å². The van der Waals surface area contributed by atoms with Crippen molar-refractivity contribution in [1.82, 2.24) is 4.57 Å². The van der Waals surface area contributed by atoms with Gasteiger partial charge in [-0.15, -0.1) is 6.42 Å². The van der Waals surface area contributed by atoms with Crippen LogP contribution in [-0.4, -0.2) is 37.3 Å². The van der Waals surface area contributed by atoms with Crippen LogP contribution < -0.4 is 14.3 Å². The molecule has 0 aliphatic heterocycles. The highest BCUT2D eigenvalue weighted by Crippen LogP contribution is 2.29. The van der Waals surface area contributed by atoms with Crippen LogP contribution >= 0.6 is 11.3 Å². The van der Waals surface area contributed by atoms with Gasteiger partial charge in [0.25, 0.3) is 5.91 Å². The molecule has 0 unspecified atom stereocenters. The van der Waals surface area contributed by atoms with Gasteiger partial charge in [-0.05, 0) is 37.3 Å². The van der Waals surface area contributed by atoms with E-state index in [1.807, 2.05) is 0 Å². The van der Waals surface area contributed by atoms with Gasteiger partial charge in [-0.1, -0.05) is 23.3 Å². The molecular weight excluding hydrogens is 404 g/mol. The van der Waals surface area contributed by atoms with Crippen molar-refractivity contribution in [3.05, 3.63) is 52.3 Å². The molecule has 0 atom stereocenters. The first-order chi connectivity index (χ1) is 14.5. The molecule has 1 aromatic heterocycles. The summed E-state index contributed by atoms with van der Waals surface area (Å²) in [6, 6.07) is 10.2. The lowest BCUT2D eigenvalue weighted by atomic mass is 10.1. The van der Waals surface area contributed by atoms with E-state index in [2.05, 4.69) is 10.9 Å². The van der Waals surface area contributed by atoms with E-state index >= 15 is 0 Å². The SMILES string of the molecule is C#CCn1c(=NC(=O)c2c(OC)cccc2OC)sc2cc(C(=O)OCC)ccc21. The van der Waals surface area contributed by atoms with E-state index in [0.29, 0.717) is 21.9 Å². The molecule has 8 heteroatoms. The van der Waals surface area contributed by atoms with Gasteiger partial charge in [0.15, 0.2) is 4.80 Å². The second-order valence-corrected chi connectivity index (χ2v) is 7.04. The number of terminal acetylenes is 1. The number of esters is 1. The Morgan fingerprint density at radius 1 is 1.17 bits per heavy atom. The number of thiazole rings is 1. The molecule has 0 fully saturated rings. The zero-order valence-corrected chi connectivity index (χ0v) is 17.6.